The Hall–Kier alpha value is -0.940. The van der Waals surface area contributed by atoms with Gasteiger partial charge in [-0.05, 0) is 19.9 Å². The Morgan fingerprint density at radius 1 is 1.62 bits per heavy atom. The van der Waals surface area contributed by atoms with E-state index >= 15 is 0 Å². The van der Waals surface area contributed by atoms with Crippen LogP contribution in [0.5, 0.6) is 0 Å². The number of nitrogens with zero attached hydrogens (tertiary/aromatic N) is 2. The van der Waals surface area contributed by atoms with Gasteiger partial charge in [0.25, 0.3) is 0 Å². The molecule has 0 fully saturated rings. The van der Waals surface area contributed by atoms with E-state index in [0.29, 0.717) is 6.04 Å². The first-order valence-corrected chi connectivity index (χ1v) is 6.38. The molecule has 0 aliphatic rings. The summed E-state index contributed by atoms with van der Waals surface area (Å²) >= 11 is 1.19. The molecule has 1 aromatic heterocycles. The second kappa shape index (κ2) is 5.96. The van der Waals surface area contributed by atoms with Crippen LogP contribution in [0.1, 0.15) is 42.7 Å². The molecule has 1 unspecified atom stereocenters. The first-order valence-electron chi connectivity index (χ1n) is 5.50. The van der Waals surface area contributed by atoms with Crippen LogP contribution in [-0.4, -0.2) is 33.5 Å². The van der Waals surface area contributed by atoms with Gasteiger partial charge in [0.05, 0.1) is 5.69 Å². The third-order valence-corrected chi connectivity index (χ3v) is 3.60. The Kier molecular flexibility index (Phi) is 4.89. The van der Waals surface area contributed by atoms with Gasteiger partial charge in [0.1, 0.15) is 0 Å². The van der Waals surface area contributed by atoms with Crippen molar-refractivity contribution in [3.63, 3.8) is 0 Å². The minimum atomic E-state index is -0.942. The van der Waals surface area contributed by atoms with Crippen LogP contribution >= 0.6 is 11.3 Å². The monoisotopic (exact) mass is 242 g/mol. The zero-order chi connectivity index (χ0) is 12.1. The minimum Gasteiger partial charge on any atom is -0.476 e. The predicted octanol–water partition coefficient (Wildman–Crippen LogP) is 2.46. The van der Waals surface area contributed by atoms with Gasteiger partial charge in [0.15, 0.2) is 0 Å². The molecule has 90 valence electrons. The van der Waals surface area contributed by atoms with Gasteiger partial charge in [-0.3, -0.25) is 4.90 Å². The summed E-state index contributed by atoms with van der Waals surface area (Å²) in [4.78, 5) is 17.1. The molecular formula is C11H18N2O2S. The van der Waals surface area contributed by atoms with Crippen molar-refractivity contribution in [1.82, 2.24) is 9.88 Å². The van der Waals surface area contributed by atoms with Crippen LogP contribution in [0, 0.1) is 0 Å². The van der Waals surface area contributed by atoms with Crippen molar-refractivity contribution in [2.75, 3.05) is 6.54 Å². The highest BCUT2D eigenvalue weighted by Gasteiger charge is 2.14. The molecule has 1 N–H and O–H groups in total. The molecule has 1 aromatic rings. The maximum absolute atomic E-state index is 10.7. The van der Waals surface area contributed by atoms with Gasteiger partial charge < -0.3 is 5.11 Å². The fraction of sp³-hybridized carbons (Fsp3) is 0.636. The summed E-state index contributed by atoms with van der Waals surface area (Å²) < 4.78 is 0. The van der Waals surface area contributed by atoms with Crippen molar-refractivity contribution < 1.29 is 9.90 Å². The van der Waals surface area contributed by atoms with Gasteiger partial charge in [0.2, 0.25) is 5.01 Å². The number of carboxylic acid groups (broad SMARTS) is 1. The number of thiazole rings is 1. The molecule has 0 radical (unpaired) electrons. The average molecular weight is 242 g/mol. The molecule has 0 saturated carbocycles. The highest BCUT2D eigenvalue weighted by atomic mass is 32.1. The fourth-order valence-corrected chi connectivity index (χ4v) is 2.17. The van der Waals surface area contributed by atoms with Crippen LogP contribution in [0.25, 0.3) is 0 Å². The maximum atomic E-state index is 10.7. The highest BCUT2D eigenvalue weighted by molar-refractivity contribution is 7.11. The standard InChI is InChI=1S/C11H18N2O2S/c1-4-8(3)13(5-2)6-9-7-16-10(12-9)11(14)15/h7-8H,4-6H2,1-3H3,(H,14,15). The summed E-state index contributed by atoms with van der Waals surface area (Å²) in [5, 5.41) is 10.8. The smallest absolute Gasteiger partial charge is 0.365 e. The Labute approximate surface area is 99.9 Å². The summed E-state index contributed by atoms with van der Waals surface area (Å²) in [6, 6.07) is 0.500. The molecular weight excluding hydrogens is 224 g/mol. The van der Waals surface area contributed by atoms with Crippen LogP contribution in [-0.2, 0) is 6.54 Å². The molecule has 1 rings (SSSR count). The number of carbonyl (C=O) groups is 1. The normalized spacial score (nSPS) is 13.0. The van der Waals surface area contributed by atoms with Crippen molar-refractivity contribution in [2.24, 2.45) is 0 Å². The van der Waals surface area contributed by atoms with E-state index in [2.05, 4.69) is 30.7 Å². The number of rotatable bonds is 6. The van der Waals surface area contributed by atoms with Gasteiger partial charge >= 0.3 is 5.97 Å². The van der Waals surface area contributed by atoms with E-state index in [0.717, 1.165) is 25.2 Å². The number of aromatic carboxylic acids is 1. The minimum absolute atomic E-state index is 0.176. The Morgan fingerprint density at radius 3 is 2.75 bits per heavy atom. The summed E-state index contributed by atoms with van der Waals surface area (Å²) in [5.41, 5.74) is 0.851. The first kappa shape index (κ1) is 13.1. The van der Waals surface area contributed by atoms with E-state index in [1.54, 1.807) is 0 Å². The third-order valence-electron chi connectivity index (χ3n) is 2.72. The van der Waals surface area contributed by atoms with Crippen molar-refractivity contribution >= 4 is 17.3 Å². The molecule has 0 spiro atoms. The van der Waals surface area contributed by atoms with E-state index in [1.165, 1.54) is 11.3 Å². The van der Waals surface area contributed by atoms with Crippen LogP contribution in [0.15, 0.2) is 5.38 Å². The number of aromatic nitrogens is 1. The maximum Gasteiger partial charge on any atom is 0.365 e. The van der Waals surface area contributed by atoms with Crippen molar-refractivity contribution in [2.45, 2.75) is 39.8 Å². The van der Waals surface area contributed by atoms with Crippen molar-refractivity contribution in [1.29, 1.82) is 0 Å². The zero-order valence-corrected chi connectivity index (χ0v) is 10.8. The molecule has 16 heavy (non-hydrogen) atoms. The lowest BCUT2D eigenvalue weighted by molar-refractivity contribution is 0.0696. The molecule has 0 amide bonds. The van der Waals surface area contributed by atoms with E-state index in [9.17, 15) is 4.79 Å². The molecule has 0 saturated heterocycles. The van der Waals surface area contributed by atoms with Gasteiger partial charge in [-0.25, -0.2) is 9.78 Å². The van der Waals surface area contributed by atoms with Gasteiger partial charge in [0, 0.05) is 18.0 Å². The first-order chi connectivity index (χ1) is 7.58. The summed E-state index contributed by atoms with van der Waals surface area (Å²) in [6.45, 7) is 8.12. The predicted molar refractivity (Wildman–Crippen MR) is 64.9 cm³/mol. The summed E-state index contributed by atoms with van der Waals surface area (Å²) in [5.74, 6) is -0.942. The molecule has 1 heterocycles. The lowest BCUT2D eigenvalue weighted by Crippen LogP contribution is -2.31. The topological polar surface area (TPSA) is 53.4 Å². The number of hydrogen-bond acceptors (Lipinski definition) is 4. The van der Waals surface area contributed by atoms with E-state index in [1.807, 2.05) is 5.38 Å². The Bertz CT molecular complexity index is 352. The second-order valence-electron chi connectivity index (χ2n) is 3.77. The number of hydrogen-bond donors (Lipinski definition) is 1. The van der Waals surface area contributed by atoms with Gasteiger partial charge in [-0.1, -0.05) is 13.8 Å². The molecule has 5 heteroatoms. The van der Waals surface area contributed by atoms with Crippen molar-refractivity contribution in [3.8, 4) is 0 Å². The lowest BCUT2D eigenvalue weighted by atomic mass is 10.2. The molecule has 1 atom stereocenters. The fourth-order valence-electron chi connectivity index (χ4n) is 1.52. The molecule has 0 aliphatic heterocycles. The average Bonchev–Trinajstić information content (AvgIpc) is 2.73. The highest BCUT2D eigenvalue weighted by Crippen LogP contribution is 2.14. The Morgan fingerprint density at radius 2 is 2.31 bits per heavy atom. The Balaban J connectivity index is 2.67. The zero-order valence-electron chi connectivity index (χ0n) is 9.93. The van der Waals surface area contributed by atoms with Crippen LogP contribution < -0.4 is 0 Å². The van der Waals surface area contributed by atoms with Crippen LogP contribution in [0.4, 0.5) is 0 Å². The SMILES string of the molecule is CCC(C)N(CC)Cc1csc(C(=O)O)n1. The van der Waals surface area contributed by atoms with Crippen LogP contribution in [0.2, 0.25) is 0 Å². The largest absolute Gasteiger partial charge is 0.476 e. The summed E-state index contributed by atoms with van der Waals surface area (Å²) in [6.07, 6.45) is 1.09. The molecule has 0 aliphatic carbocycles. The second-order valence-corrected chi connectivity index (χ2v) is 4.63. The van der Waals surface area contributed by atoms with Crippen LogP contribution in [0.3, 0.4) is 0 Å². The van der Waals surface area contributed by atoms with E-state index in [-0.39, 0.29) is 5.01 Å². The number of carboxylic acids is 1. The molecule has 4 nitrogen and oxygen atoms in total. The quantitative estimate of drug-likeness (QED) is 0.832. The van der Waals surface area contributed by atoms with E-state index in [4.69, 9.17) is 5.11 Å². The molecule has 0 aromatic carbocycles. The van der Waals surface area contributed by atoms with Gasteiger partial charge in [-0.15, -0.1) is 11.3 Å². The lowest BCUT2D eigenvalue weighted by Gasteiger charge is -2.25. The van der Waals surface area contributed by atoms with Gasteiger partial charge in [-0.2, -0.15) is 0 Å². The van der Waals surface area contributed by atoms with E-state index < -0.39 is 5.97 Å². The van der Waals surface area contributed by atoms with Crippen molar-refractivity contribution in [3.05, 3.63) is 16.1 Å². The molecule has 0 bridgehead atoms. The third kappa shape index (κ3) is 3.28. The summed E-state index contributed by atoms with van der Waals surface area (Å²) in [7, 11) is 0.